The predicted molar refractivity (Wildman–Crippen MR) is 123 cm³/mol. The fourth-order valence-electron chi connectivity index (χ4n) is 3.99. The first-order valence-electron chi connectivity index (χ1n) is 10.1. The van der Waals surface area contributed by atoms with Gasteiger partial charge in [-0.3, -0.25) is 4.79 Å². The smallest absolute Gasteiger partial charge is 0.227 e. The van der Waals surface area contributed by atoms with Crippen molar-refractivity contribution in [2.24, 2.45) is 0 Å². The molecular formula is C23H25ClN2O4S. The summed E-state index contributed by atoms with van der Waals surface area (Å²) in [5.74, 6) is -0.000882. The summed E-state index contributed by atoms with van der Waals surface area (Å²) < 4.78 is 29.8. The topological polar surface area (TPSA) is 70.8 Å². The molecular weight excluding hydrogens is 436 g/mol. The van der Waals surface area contributed by atoms with E-state index in [4.69, 9.17) is 16.0 Å². The number of rotatable bonds is 6. The van der Waals surface area contributed by atoms with Gasteiger partial charge in [0.2, 0.25) is 5.91 Å². The number of amides is 1. The molecule has 1 aliphatic heterocycles. The molecule has 0 N–H and O–H groups in total. The largest absolute Gasteiger partial charge is 0.464 e. The number of hydrogen-bond acceptors (Lipinski definition) is 5. The van der Waals surface area contributed by atoms with Crippen molar-refractivity contribution in [2.45, 2.75) is 25.4 Å². The van der Waals surface area contributed by atoms with Crippen LogP contribution in [0.1, 0.15) is 17.5 Å². The maximum absolute atomic E-state index is 13.4. The van der Waals surface area contributed by atoms with Crippen molar-refractivity contribution in [3.63, 3.8) is 0 Å². The first-order valence-corrected chi connectivity index (χ1v) is 12.3. The first-order chi connectivity index (χ1) is 14.7. The summed E-state index contributed by atoms with van der Waals surface area (Å²) in [7, 11) is 0.813. The van der Waals surface area contributed by atoms with Crippen molar-refractivity contribution in [3.05, 3.63) is 64.9 Å². The third-order valence-corrected chi connectivity index (χ3v) is 7.72. The number of hydrogen-bond donors (Lipinski definition) is 0. The van der Waals surface area contributed by atoms with Crippen molar-refractivity contribution in [1.82, 2.24) is 4.90 Å². The van der Waals surface area contributed by atoms with Crippen LogP contribution in [-0.2, 0) is 27.6 Å². The van der Waals surface area contributed by atoms with Crippen LogP contribution in [0.3, 0.4) is 0 Å². The van der Waals surface area contributed by atoms with Gasteiger partial charge in [-0.2, -0.15) is 0 Å². The molecule has 31 heavy (non-hydrogen) atoms. The van der Waals surface area contributed by atoms with Gasteiger partial charge in [-0.15, -0.1) is 0 Å². The average molecular weight is 461 g/mol. The van der Waals surface area contributed by atoms with E-state index in [1.807, 2.05) is 43.3 Å². The lowest BCUT2D eigenvalue weighted by Crippen LogP contribution is -2.41. The van der Waals surface area contributed by atoms with E-state index in [1.165, 1.54) is 0 Å². The molecule has 4 rings (SSSR count). The molecule has 0 radical (unpaired) electrons. The molecule has 1 amide bonds. The number of benzene rings is 2. The molecule has 1 aliphatic rings. The maximum Gasteiger partial charge on any atom is 0.227 e. The monoisotopic (exact) mass is 460 g/mol. The Morgan fingerprint density at radius 2 is 1.90 bits per heavy atom. The summed E-state index contributed by atoms with van der Waals surface area (Å²) in [6.07, 6.45) is 2.16. The maximum atomic E-state index is 13.4. The first kappa shape index (κ1) is 21.7. The second kappa shape index (κ2) is 8.55. The van der Waals surface area contributed by atoms with E-state index in [-0.39, 0.29) is 29.9 Å². The molecule has 1 fully saturated rings. The standard InChI is InChI=1S/C23H25ClN2O4S/c1-25(2)19-6-3-16(4-7-19)13-26(20-9-10-31(28,29)15-20)23(27)11-17-14-30-22-8-5-18(24)12-21(17)22/h3-8,12,14,20H,9-11,13,15H2,1-2H3. The fourth-order valence-corrected chi connectivity index (χ4v) is 5.90. The number of sulfone groups is 1. The predicted octanol–water partition coefficient (Wildman–Crippen LogP) is 3.91. The van der Waals surface area contributed by atoms with Gasteiger partial charge < -0.3 is 14.2 Å². The van der Waals surface area contributed by atoms with Crippen LogP contribution in [0.25, 0.3) is 11.0 Å². The Bertz CT molecular complexity index is 1200. The summed E-state index contributed by atoms with van der Waals surface area (Å²) in [5.41, 5.74) is 3.44. The van der Waals surface area contributed by atoms with Gasteiger partial charge in [0, 0.05) is 48.3 Å². The van der Waals surface area contributed by atoms with E-state index in [2.05, 4.69) is 0 Å². The Morgan fingerprint density at radius 1 is 1.16 bits per heavy atom. The van der Waals surface area contributed by atoms with Crippen molar-refractivity contribution >= 4 is 44.0 Å². The SMILES string of the molecule is CN(C)c1ccc(CN(C(=O)Cc2coc3ccc(Cl)cc23)C2CCS(=O)(=O)C2)cc1. The van der Waals surface area contributed by atoms with Gasteiger partial charge in [-0.1, -0.05) is 23.7 Å². The Labute approximate surface area is 187 Å². The normalized spacial score (nSPS) is 17.7. The Morgan fingerprint density at radius 3 is 2.55 bits per heavy atom. The van der Waals surface area contributed by atoms with Gasteiger partial charge in [-0.05, 0) is 42.3 Å². The van der Waals surface area contributed by atoms with Crippen molar-refractivity contribution in [1.29, 1.82) is 0 Å². The Kier molecular flexibility index (Phi) is 5.99. The van der Waals surface area contributed by atoms with Crippen molar-refractivity contribution < 1.29 is 17.6 Å². The third-order valence-electron chi connectivity index (χ3n) is 5.73. The van der Waals surface area contributed by atoms with E-state index in [0.717, 1.165) is 22.2 Å². The summed E-state index contributed by atoms with van der Waals surface area (Å²) >= 11 is 6.12. The van der Waals surface area contributed by atoms with Gasteiger partial charge in [0.05, 0.1) is 24.2 Å². The van der Waals surface area contributed by atoms with Crippen LogP contribution < -0.4 is 4.90 Å². The number of halogens is 1. The Balaban J connectivity index is 1.60. The minimum absolute atomic E-state index is 0.00643. The van der Waals surface area contributed by atoms with Crippen molar-refractivity contribution in [3.8, 4) is 0 Å². The molecule has 164 valence electrons. The van der Waals surface area contributed by atoms with Crippen LogP contribution in [-0.4, -0.2) is 50.9 Å². The zero-order valence-electron chi connectivity index (χ0n) is 17.5. The molecule has 1 aromatic heterocycles. The minimum atomic E-state index is -3.12. The van der Waals surface area contributed by atoms with Gasteiger partial charge >= 0.3 is 0 Å². The van der Waals surface area contributed by atoms with E-state index in [9.17, 15) is 13.2 Å². The second-order valence-corrected chi connectivity index (χ2v) is 10.9. The van der Waals surface area contributed by atoms with Crippen LogP contribution in [0.5, 0.6) is 0 Å². The highest BCUT2D eigenvalue weighted by Crippen LogP contribution is 2.27. The quantitative estimate of drug-likeness (QED) is 0.557. The zero-order valence-corrected chi connectivity index (χ0v) is 19.1. The number of anilines is 1. The summed E-state index contributed by atoms with van der Waals surface area (Å²) in [5, 5.41) is 1.37. The lowest BCUT2D eigenvalue weighted by Gasteiger charge is -2.28. The molecule has 1 saturated heterocycles. The van der Waals surface area contributed by atoms with E-state index in [0.29, 0.717) is 23.6 Å². The molecule has 8 heteroatoms. The summed E-state index contributed by atoms with van der Waals surface area (Å²) in [6.45, 7) is 0.364. The van der Waals surface area contributed by atoms with Crippen LogP contribution >= 0.6 is 11.6 Å². The lowest BCUT2D eigenvalue weighted by atomic mass is 10.1. The molecule has 2 aromatic carbocycles. The third kappa shape index (κ3) is 4.88. The summed E-state index contributed by atoms with van der Waals surface area (Å²) in [4.78, 5) is 17.1. The minimum Gasteiger partial charge on any atom is -0.464 e. The molecule has 0 bridgehead atoms. The van der Waals surface area contributed by atoms with Crippen LogP contribution in [0.2, 0.25) is 5.02 Å². The Hall–Kier alpha value is -2.51. The molecule has 3 aromatic rings. The second-order valence-electron chi connectivity index (χ2n) is 8.22. The number of nitrogens with zero attached hydrogens (tertiary/aromatic N) is 2. The number of carbonyl (C=O) groups is 1. The average Bonchev–Trinajstić information content (AvgIpc) is 3.28. The van der Waals surface area contributed by atoms with Crippen LogP contribution in [0.4, 0.5) is 5.69 Å². The van der Waals surface area contributed by atoms with E-state index < -0.39 is 9.84 Å². The number of furan rings is 1. The molecule has 1 unspecified atom stereocenters. The van der Waals surface area contributed by atoms with E-state index in [1.54, 1.807) is 29.4 Å². The van der Waals surface area contributed by atoms with Gasteiger partial charge in [-0.25, -0.2) is 8.42 Å². The van der Waals surface area contributed by atoms with Gasteiger partial charge in [0.15, 0.2) is 9.84 Å². The molecule has 6 nitrogen and oxygen atoms in total. The zero-order chi connectivity index (χ0) is 22.2. The molecule has 0 aliphatic carbocycles. The molecule has 2 heterocycles. The summed E-state index contributed by atoms with van der Waals surface area (Å²) in [6, 6.07) is 12.9. The molecule has 0 spiro atoms. The number of fused-ring (bicyclic) bond motifs is 1. The highest BCUT2D eigenvalue weighted by Gasteiger charge is 2.35. The van der Waals surface area contributed by atoms with Crippen LogP contribution in [0, 0.1) is 0 Å². The molecule has 0 saturated carbocycles. The van der Waals surface area contributed by atoms with Gasteiger partial charge in [0.1, 0.15) is 5.58 Å². The number of carbonyl (C=O) groups excluding carboxylic acids is 1. The van der Waals surface area contributed by atoms with Gasteiger partial charge in [0.25, 0.3) is 0 Å². The van der Waals surface area contributed by atoms with Crippen molar-refractivity contribution in [2.75, 3.05) is 30.5 Å². The molecule has 1 atom stereocenters. The highest BCUT2D eigenvalue weighted by molar-refractivity contribution is 7.91. The lowest BCUT2D eigenvalue weighted by molar-refractivity contribution is -0.133. The highest BCUT2D eigenvalue weighted by atomic mass is 35.5. The fraction of sp³-hybridized carbons (Fsp3) is 0.348. The van der Waals surface area contributed by atoms with E-state index >= 15 is 0 Å². The van der Waals surface area contributed by atoms with Crippen LogP contribution in [0.15, 0.2) is 53.1 Å².